The van der Waals surface area contributed by atoms with Gasteiger partial charge in [-0.15, -0.1) is 34.9 Å². The molecule has 1 heterocycles. The van der Waals surface area contributed by atoms with E-state index in [9.17, 15) is 14.7 Å². The number of aliphatic hydroxyl groups excluding tert-OH is 1. The Morgan fingerprint density at radius 2 is 1.55 bits per heavy atom. The van der Waals surface area contributed by atoms with Crippen LogP contribution in [0.2, 0.25) is 0 Å². The smallest absolute Gasteiger partial charge is 0.194 e. The van der Waals surface area contributed by atoms with Gasteiger partial charge in [-0.2, -0.15) is 0 Å². The minimum atomic E-state index is 0. The van der Waals surface area contributed by atoms with Crippen LogP contribution in [0.1, 0.15) is 67.6 Å². The van der Waals surface area contributed by atoms with Gasteiger partial charge in [0.1, 0.15) is 0 Å². The predicted molar refractivity (Wildman–Crippen MR) is 159 cm³/mol. The number of aryl methyl sites for hydroxylation is 2. The summed E-state index contributed by atoms with van der Waals surface area (Å²) in [5.41, 5.74) is 8.54. The number of rotatable bonds is 6. The third kappa shape index (κ3) is 7.41. The maximum atomic E-state index is 12.7. The second-order valence-electron chi connectivity index (χ2n) is 11.2. The Labute approximate surface area is 250 Å². The van der Waals surface area contributed by atoms with E-state index in [1.54, 1.807) is 0 Å². The average molecular weight is 711 g/mol. The number of allylic oxidation sites excluding steroid dienone is 2. The van der Waals surface area contributed by atoms with Crippen LogP contribution in [0, 0.1) is 31.7 Å². The van der Waals surface area contributed by atoms with E-state index in [1.807, 2.05) is 71.0 Å². The van der Waals surface area contributed by atoms with E-state index >= 15 is 0 Å². The summed E-state index contributed by atoms with van der Waals surface area (Å²) in [6.07, 6.45) is 2.46. The fraction of sp³-hybridized carbons (Fsp3) is 0.286. The molecule has 4 nitrogen and oxygen atoms in total. The Morgan fingerprint density at radius 1 is 0.875 bits per heavy atom. The molecule has 209 valence electrons. The quantitative estimate of drug-likeness (QED) is 0.109. The summed E-state index contributed by atoms with van der Waals surface area (Å²) in [6, 6.07) is 23.5. The summed E-state index contributed by atoms with van der Waals surface area (Å²) >= 11 is 0. The van der Waals surface area contributed by atoms with E-state index in [2.05, 4.69) is 37.3 Å². The van der Waals surface area contributed by atoms with Gasteiger partial charge in [0.15, 0.2) is 11.6 Å². The maximum absolute atomic E-state index is 12.7. The summed E-state index contributed by atoms with van der Waals surface area (Å²) in [4.78, 5) is 28.8. The number of aromatic nitrogens is 1. The summed E-state index contributed by atoms with van der Waals surface area (Å²) in [5.74, 6) is 1.06. The Hall–Kier alpha value is -3.40. The molecule has 3 aromatic carbocycles. The summed E-state index contributed by atoms with van der Waals surface area (Å²) < 4.78 is 0. The number of hydrogen-bond donors (Lipinski definition) is 1. The van der Waals surface area contributed by atoms with Crippen molar-refractivity contribution in [1.82, 2.24) is 4.98 Å². The van der Waals surface area contributed by atoms with Crippen LogP contribution in [0.25, 0.3) is 33.3 Å². The fourth-order valence-corrected chi connectivity index (χ4v) is 4.95. The van der Waals surface area contributed by atoms with Crippen molar-refractivity contribution in [2.75, 3.05) is 0 Å². The van der Waals surface area contributed by atoms with Crippen LogP contribution in [-0.4, -0.2) is 21.7 Å². The van der Waals surface area contributed by atoms with Crippen molar-refractivity contribution in [2.24, 2.45) is 11.8 Å². The average Bonchev–Trinajstić information content (AvgIpc) is 3.12. The first kappa shape index (κ1) is 31.1. The van der Waals surface area contributed by atoms with Crippen molar-refractivity contribution >= 4 is 22.5 Å². The molecule has 0 amide bonds. The van der Waals surface area contributed by atoms with Gasteiger partial charge < -0.3 is 5.11 Å². The molecule has 1 radical (unpaired) electrons. The van der Waals surface area contributed by atoms with Gasteiger partial charge in [-0.05, 0) is 46.2 Å². The van der Waals surface area contributed by atoms with Crippen LogP contribution in [0.15, 0.2) is 72.5 Å². The van der Waals surface area contributed by atoms with Crippen LogP contribution in [0.5, 0.6) is 0 Å². The minimum absolute atomic E-state index is 0. The van der Waals surface area contributed by atoms with E-state index in [0.29, 0.717) is 24.7 Å². The molecular formula is C35H36IrNO3-. The van der Waals surface area contributed by atoms with Crippen LogP contribution in [-0.2, 0) is 24.9 Å². The van der Waals surface area contributed by atoms with E-state index in [-0.39, 0.29) is 37.4 Å². The van der Waals surface area contributed by atoms with Crippen molar-refractivity contribution in [3.63, 3.8) is 0 Å². The Kier molecular flexibility index (Phi) is 10.4. The van der Waals surface area contributed by atoms with Crippen LogP contribution in [0.4, 0.5) is 0 Å². The van der Waals surface area contributed by atoms with Crippen molar-refractivity contribution in [3.8, 4) is 22.4 Å². The van der Waals surface area contributed by atoms with Gasteiger partial charge in [0.05, 0.1) is 11.3 Å². The number of benzene rings is 3. The van der Waals surface area contributed by atoms with E-state index in [4.69, 9.17) is 4.98 Å². The summed E-state index contributed by atoms with van der Waals surface area (Å²) in [6.45, 7) is 12.1. The topological polar surface area (TPSA) is 67.3 Å². The molecule has 1 aliphatic carbocycles. The summed E-state index contributed by atoms with van der Waals surface area (Å²) in [7, 11) is 0. The Morgan fingerprint density at radius 3 is 2.20 bits per heavy atom. The third-order valence-corrected chi connectivity index (χ3v) is 6.51. The second-order valence-corrected chi connectivity index (χ2v) is 11.2. The van der Waals surface area contributed by atoms with E-state index in [0.717, 1.165) is 50.0 Å². The number of fused-ring (bicyclic) bond motifs is 4. The molecular weight excluding hydrogens is 675 g/mol. The Balaban J connectivity index is 0.000000272. The molecule has 1 aliphatic rings. The third-order valence-electron chi connectivity index (χ3n) is 6.51. The molecule has 5 heteroatoms. The maximum Gasteiger partial charge on any atom is 0.194 e. The largest absolute Gasteiger partial charge is 0.512 e. The molecule has 0 atom stereocenters. The normalized spacial score (nSPS) is 12.1. The van der Waals surface area contributed by atoms with Crippen LogP contribution >= 0.6 is 0 Å². The SMILES string of the molecule is CC(C)CC(=O)/C=C(\O)CC(C)C.Cc1[c-]c(-c2ccc3cc4c(cc3n2)C(=O)c2ccccc2-4)cc(C)c1.[Ir]. The van der Waals surface area contributed by atoms with Crippen LogP contribution < -0.4 is 0 Å². The number of carbonyl (C=O) groups excluding carboxylic acids is 2. The predicted octanol–water partition coefficient (Wildman–Crippen LogP) is 8.62. The second kappa shape index (κ2) is 13.3. The molecule has 0 fully saturated rings. The zero-order valence-electron chi connectivity index (χ0n) is 24.0. The molecule has 1 aromatic heterocycles. The van der Waals surface area contributed by atoms with Gasteiger partial charge in [-0.3, -0.25) is 14.6 Å². The number of ketones is 2. The molecule has 5 rings (SSSR count). The molecule has 0 bridgehead atoms. The van der Waals surface area contributed by atoms with Gasteiger partial charge in [0, 0.05) is 50.1 Å². The molecule has 40 heavy (non-hydrogen) atoms. The monoisotopic (exact) mass is 711 g/mol. The van der Waals surface area contributed by atoms with Crippen molar-refractivity contribution in [3.05, 3.63) is 101 Å². The van der Waals surface area contributed by atoms with E-state index in [1.165, 1.54) is 11.6 Å². The van der Waals surface area contributed by atoms with E-state index < -0.39 is 0 Å². The summed E-state index contributed by atoms with van der Waals surface area (Å²) in [5, 5.41) is 10.4. The number of pyridine rings is 1. The first-order valence-corrected chi connectivity index (χ1v) is 13.5. The van der Waals surface area contributed by atoms with Crippen molar-refractivity contribution < 1.29 is 34.8 Å². The first-order valence-electron chi connectivity index (χ1n) is 13.5. The molecule has 4 aromatic rings. The van der Waals surface area contributed by atoms with Gasteiger partial charge >= 0.3 is 0 Å². The van der Waals surface area contributed by atoms with Gasteiger partial charge in [-0.1, -0.05) is 77.9 Å². The molecule has 0 aliphatic heterocycles. The molecule has 0 spiro atoms. The molecule has 1 N–H and O–H groups in total. The fourth-order valence-electron chi connectivity index (χ4n) is 4.95. The van der Waals surface area contributed by atoms with Crippen molar-refractivity contribution in [1.29, 1.82) is 0 Å². The van der Waals surface area contributed by atoms with Crippen LogP contribution in [0.3, 0.4) is 0 Å². The molecule has 0 saturated heterocycles. The zero-order valence-corrected chi connectivity index (χ0v) is 26.4. The van der Waals surface area contributed by atoms with Crippen molar-refractivity contribution in [2.45, 2.75) is 54.4 Å². The number of nitrogens with zero attached hydrogens (tertiary/aromatic N) is 1. The minimum Gasteiger partial charge on any atom is -0.512 e. The molecule has 0 saturated carbocycles. The number of carbonyl (C=O) groups is 2. The van der Waals surface area contributed by atoms with Gasteiger partial charge in [-0.25, -0.2) is 0 Å². The Bertz CT molecular complexity index is 1560. The van der Waals surface area contributed by atoms with Gasteiger partial charge in [0.2, 0.25) is 0 Å². The first-order chi connectivity index (χ1) is 18.5. The zero-order chi connectivity index (χ0) is 28.3. The molecule has 0 unspecified atom stereocenters. The standard InChI is InChI=1S/C24H16NO.C11H20O2.Ir/c1-14-9-15(2)11-17(10-14)22-8-7-16-12-20-18-5-3-4-6-19(18)24(26)21(20)13-23(16)25-22;1-8(2)5-10(12)7-11(13)6-9(3)4;/h3-10,12-13H,1-2H3;7-9,12H,5-6H2,1-4H3;/q-1;;/b;10-7-;. The number of aliphatic hydroxyl groups is 1. The number of hydrogen-bond acceptors (Lipinski definition) is 4. The van der Waals surface area contributed by atoms with Gasteiger partial charge in [0.25, 0.3) is 0 Å².